The van der Waals surface area contributed by atoms with E-state index in [4.69, 9.17) is 0 Å². The number of aliphatic hydroxyl groups is 1. The Bertz CT molecular complexity index is 318. The SMILES string of the molecule is CCC(C)C(O)CNC(CSC)c1ccccc1. The Morgan fingerprint density at radius 2 is 1.94 bits per heavy atom. The van der Waals surface area contributed by atoms with Crippen LogP contribution in [0.5, 0.6) is 0 Å². The number of thioether (sulfide) groups is 1. The molecule has 0 radical (unpaired) electrons. The molecule has 0 aliphatic heterocycles. The minimum Gasteiger partial charge on any atom is -0.392 e. The molecule has 102 valence electrons. The molecule has 0 aromatic heterocycles. The van der Waals surface area contributed by atoms with Gasteiger partial charge in [0.2, 0.25) is 0 Å². The fourth-order valence-corrected chi connectivity index (χ4v) is 2.50. The van der Waals surface area contributed by atoms with E-state index >= 15 is 0 Å². The Morgan fingerprint density at radius 3 is 2.50 bits per heavy atom. The summed E-state index contributed by atoms with van der Waals surface area (Å²) in [6.45, 7) is 4.87. The summed E-state index contributed by atoms with van der Waals surface area (Å²) in [7, 11) is 0. The van der Waals surface area contributed by atoms with Crippen LogP contribution in [-0.4, -0.2) is 29.8 Å². The summed E-state index contributed by atoms with van der Waals surface area (Å²) in [4.78, 5) is 0. The molecule has 0 aliphatic rings. The van der Waals surface area contributed by atoms with Gasteiger partial charge >= 0.3 is 0 Å². The first kappa shape index (κ1) is 15.5. The maximum atomic E-state index is 10.0. The summed E-state index contributed by atoms with van der Waals surface area (Å²) in [6, 6.07) is 10.8. The summed E-state index contributed by atoms with van der Waals surface area (Å²) < 4.78 is 0. The lowest BCUT2D eigenvalue weighted by atomic mass is 10.0. The van der Waals surface area contributed by atoms with Crippen molar-refractivity contribution < 1.29 is 5.11 Å². The average molecular weight is 267 g/mol. The summed E-state index contributed by atoms with van der Waals surface area (Å²) in [6.07, 6.45) is 2.87. The van der Waals surface area contributed by atoms with Gasteiger partial charge in [-0.3, -0.25) is 0 Å². The van der Waals surface area contributed by atoms with Crippen LogP contribution in [0.2, 0.25) is 0 Å². The summed E-state index contributed by atoms with van der Waals surface area (Å²) in [5.41, 5.74) is 1.29. The van der Waals surface area contributed by atoms with Crippen molar-refractivity contribution in [3.05, 3.63) is 35.9 Å². The molecule has 0 bridgehead atoms. The van der Waals surface area contributed by atoms with Crippen molar-refractivity contribution >= 4 is 11.8 Å². The van der Waals surface area contributed by atoms with Gasteiger partial charge in [-0.2, -0.15) is 11.8 Å². The van der Waals surface area contributed by atoms with Crippen molar-refractivity contribution in [1.82, 2.24) is 5.32 Å². The van der Waals surface area contributed by atoms with E-state index in [0.29, 0.717) is 18.5 Å². The topological polar surface area (TPSA) is 32.3 Å². The smallest absolute Gasteiger partial charge is 0.0690 e. The molecule has 3 atom stereocenters. The third-order valence-electron chi connectivity index (χ3n) is 3.41. The molecule has 0 aliphatic carbocycles. The quantitative estimate of drug-likeness (QED) is 0.759. The van der Waals surface area contributed by atoms with Gasteiger partial charge in [0.05, 0.1) is 6.10 Å². The van der Waals surface area contributed by atoms with E-state index in [1.807, 2.05) is 17.8 Å². The Morgan fingerprint density at radius 1 is 1.28 bits per heavy atom. The molecule has 3 heteroatoms. The van der Waals surface area contributed by atoms with Crippen molar-refractivity contribution in [2.75, 3.05) is 18.6 Å². The predicted octanol–water partition coefficient (Wildman–Crippen LogP) is 3.09. The van der Waals surface area contributed by atoms with Crippen LogP contribution < -0.4 is 5.32 Å². The third-order valence-corrected chi connectivity index (χ3v) is 4.08. The summed E-state index contributed by atoms with van der Waals surface area (Å²) in [5.74, 6) is 1.38. The first-order valence-corrected chi connectivity index (χ1v) is 8.03. The second-order valence-corrected chi connectivity index (χ2v) is 5.69. The van der Waals surface area contributed by atoms with Crippen LogP contribution in [0.25, 0.3) is 0 Å². The molecule has 0 fully saturated rings. The standard InChI is InChI=1S/C15H25NOS/c1-4-12(2)15(17)10-16-14(11-18-3)13-8-6-5-7-9-13/h5-9,12,14-17H,4,10-11H2,1-3H3. The van der Waals surface area contributed by atoms with Gasteiger partial charge in [-0.25, -0.2) is 0 Å². The van der Waals surface area contributed by atoms with Gasteiger partial charge in [0.25, 0.3) is 0 Å². The molecule has 3 unspecified atom stereocenters. The zero-order chi connectivity index (χ0) is 13.4. The molecular weight excluding hydrogens is 242 g/mol. The van der Waals surface area contributed by atoms with Crippen molar-refractivity contribution in [3.8, 4) is 0 Å². The maximum absolute atomic E-state index is 10.0. The van der Waals surface area contributed by atoms with Gasteiger partial charge in [-0.05, 0) is 17.7 Å². The van der Waals surface area contributed by atoms with E-state index in [-0.39, 0.29) is 6.10 Å². The van der Waals surface area contributed by atoms with Crippen LogP contribution in [0.15, 0.2) is 30.3 Å². The second-order valence-electron chi connectivity index (χ2n) is 4.78. The highest BCUT2D eigenvalue weighted by Gasteiger charge is 2.15. The highest BCUT2D eigenvalue weighted by Crippen LogP contribution is 2.17. The van der Waals surface area contributed by atoms with Gasteiger partial charge in [-0.1, -0.05) is 50.6 Å². The summed E-state index contributed by atoms with van der Waals surface area (Å²) in [5, 5.41) is 13.5. The van der Waals surface area contributed by atoms with E-state index in [0.717, 1.165) is 12.2 Å². The Balaban J connectivity index is 2.54. The van der Waals surface area contributed by atoms with Gasteiger partial charge in [-0.15, -0.1) is 0 Å². The Kier molecular flexibility index (Phi) is 7.40. The minimum atomic E-state index is -0.261. The number of rotatable bonds is 8. The molecule has 0 amide bonds. The normalized spacial score (nSPS) is 16.2. The largest absolute Gasteiger partial charge is 0.392 e. The summed E-state index contributed by atoms with van der Waals surface area (Å²) >= 11 is 1.83. The van der Waals surface area contributed by atoms with Crippen molar-refractivity contribution in [2.45, 2.75) is 32.4 Å². The molecule has 2 nitrogen and oxygen atoms in total. The molecule has 2 N–H and O–H groups in total. The Hall–Kier alpha value is -0.510. The zero-order valence-electron chi connectivity index (χ0n) is 11.6. The first-order valence-electron chi connectivity index (χ1n) is 6.64. The van der Waals surface area contributed by atoms with Gasteiger partial charge < -0.3 is 10.4 Å². The van der Waals surface area contributed by atoms with Crippen LogP contribution in [0, 0.1) is 5.92 Å². The predicted molar refractivity (Wildman–Crippen MR) is 81.0 cm³/mol. The highest BCUT2D eigenvalue weighted by atomic mass is 32.2. The van der Waals surface area contributed by atoms with Crippen molar-refractivity contribution in [3.63, 3.8) is 0 Å². The molecular formula is C15H25NOS. The van der Waals surface area contributed by atoms with Crippen LogP contribution in [-0.2, 0) is 0 Å². The molecule has 18 heavy (non-hydrogen) atoms. The second kappa shape index (κ2) is 8.57. The number of benzene rings is 1. The molecule has 0 saturated heterocycles. The number of nitrogens with one attached hydrogen (secondary N) is 1. The number of hydrogen-bond donors (Lipinski definition) is 2. The lowest BCUT2D eigenvalue weighted by Gasteiger charge is -2.23. The molecule has 1 aromatic rings. The van der Waals surface area contributed by atoms with Crippen LogP contribution in [0.4, 0.5) is 0 Å². The van der Waals surface area contributed by atoms with Gasteiger partial charge in [0.15, 0.2) is 0 Å². The molecule has 1 aromatic carbocycles. The molecule has 0 saturated carbocycles. The van der Waals surface area contributed by atoms with Crippen LogP contribution in [0.3, 0.4) is 0 Å². The van der Waals surface area contributed by atoms with Gasteiger partial charge in [0, 0.05) is 18.3 Å². The van der Waals surface area contributed by atoms with E-state index < -0.39 is 0 Å². The van der Waals surface area contributed by atoms with E-state index in [1.165, 1.54) is 5.56 Å². The first-order chi connectivity index (χ1) is 8.69. The van der Waals surface area contributed by atoms with Crippen LogP contribution >= 0.6 is 11.8 Å². The van der Waals surface area contributed by atoms with E-state index in [9.17, 15) is 5.11 Å². The fraction of sp³-hybridized carbons (Fsp3) is 0.600. The maximum Gasteiger partial charge on any atom is 0.0690 e. The number of aliphatic hydroxyl groups excluding tert-OH is 1. The Labute approximate surface area is 115 Å². The zero-order valence-corrected chi connectivity index (χ0v) is 12.4. The monoisotopic (exact) mass is 267 g/mol. The minimum absolute atomic E-state index is 0.261. The molecule has 0 spiro atoms. The van der Waals surface area contributed by atoms with E-state index in [2.05, 4.69) is 49.7 Å². The third kappa shape index (κ3) is 5.01. The number of hydrogen-bond acceptors (Lipinski definition) is 3. The lowest BCUT2D eigenvalue weighted by Crippen LogP contribution is -2.34. The van der Waals surface area contributed by atoms with Gasteiger partial charge in [0.1, 0.15) is 0 Å². The molecule has 1 rings (SSSR count). The highest BCUT2D eigenvalue weighted by molar-refractivity contribution is 7.98. The van der Waals surface area contributed by atoms with E-state index in [1.54, 1.807) is 0 Å². The fourth-order valence-electron chi connectivity index (χ4n) is 1.86. The average Bonchev–Trinajstić information content (AvgIpc) is 2.43. The van der Waals surface area contributed by atoms with Crippen molar-refractivity contribution in [2.24, 2.45) is 5.92 Å². The van der Waals surface area contributed by atoms with Crippen LogP contribution in [0.1, 0.15) is 31.9 Å². The lowest BCUT2D eigenvalue weighted by molar-refractivity contribution is 0.110. The molecule has 0 heterocycles. The van der Waals surface area contributed by atoms with Crippen molar-refractivity contribution in [1.29, 1.82) is 0 Å².